The largest absolute Gasteiger partial charge is 0.467 e. The first-order valence-electron chi connectivity index (χ1n) is 8.46. The van der Waals surface area contributed by atoms with Crippen molar-refractivity contribution in [3.8, 4) is 5.75 Å². The summed E-state index contributed by atoms with van der Waals surface area (Å²) in [6, 6.07) is 3.18. The Bertz CT molecular complexity index is 826. The molecule has 26 heavy (non-hydrogen) atoms. The van der Waals surface area contributed by atoms with E-state index in [2.05, 4.69) is 10.2 Å². The van der Waals surface area contributed by atoms with Crippen LogP contribution in [-0.4, -0.2) is 28.9 Å². The van der Waals surface area contributed by atoms with Gasteiger partial charge in [-0.1, -0.05) is 30.0 Å². The SMILES string of the molecule is CCC(=O)N(c1nnc(SCc2cc(F)cc3c2OCOC3)s1)C1CC1. The molecule has 1 aromatic heterocycles. The van der Waals surface area contributed by atoms with Gasteiger partial charge in [0.15, 0.2) is 11.1 Å². The number of rotatable bonds is 6. The first-order valence-corrected chi connectivity index (χ1v) is 10.3. The molecule has 6 nitrogen and oxygen atoms in total. The van der Waals surface area contributed by atoms with Gasteiger partial charge >= 0.3 is 0 Å². The molecule has 1 fully saturated rings. The molecule has 1 amide bonds. The van der Waals surface area contributed by atoms with E-state index < -0.39 is 0 Å². The minimum Gasteiger partial charge on any atom is -0.467 e. The Kier molecular flexibility index (Phi) is 5.10. The van der Waals surface area contributed by atoms with Crippen molar-refractivity contribution in [1.29, 1.82) is 0 Å². The molecule has 1 aliphatic carbocycles. The molecule has 2 heterocycles. The number of anilines is 1. The van der Waals surface area contributed by atoms with E-state index in [4.69, 9.17) is 9.47 Å². The molecule has 0 bridgehead atoms. The van der Waals surface area contributed by atoms with Crippen LogP contribution in [0.3, 0.4) is 0 Å². The highest BCUT2D eigenvalue weighted by Gasteiger charge is 2.35. The number of hydrogen-bond donors (Lipinski definition) is 0. The lowest BCUT2D eigenvalue weighted by Crippen LogP contribution is -2.32. The van der Waals surface area contributed by atoms with Crippen LogP contribution in [0.15, 0.2) is 16.5 Å². The Morgan fingerprint density at radius 1 is 1.42 bits per heavy atom. The van der Waals surface area contributed by atoms with Crippen LogP contribution in [0.1, 0.15) is 37.3 Å². The molecule has 1 aliphatic heterocycles. The standard InChI is InChI=1S/C17H18FN3O3S2/c1-2-14(22)21(13-3-4-13)16-19-20-17(26-16)25-8-11-6-12(18)5-10-7-23-9-24-15(10)11/h5-6,13H,2-4,7-9H2,1H3. The van der Waals surface area contributed by atoms with Crippen LogP contribution in [-0.2, 0) is 21.9 Å². The lowest BCUT2D eigenvalue weighted by atomic mass is 10.1. The van der Waals surface area contributed by atoms with Crippen LogP contribution in [0.2, 0.25) is 0 Å². The van der Waals surface area contributed by atoms with Crippen LogP contribution < -0.4 is 9.64 Å². The van der Waals surface area contributed by atoms with Crippen molar-refractivity contribution in [3.05, 3.63) is 29.1 Å². The molecule has 4 rings (SSSR count). The number of nitrogens with zero attached hydrogens (tertiary/aromatic N) is 3. The third-order valence-electron chi connectivity index (χ3n) is 4.19. The third kappa shape index (κ3) is 3.70. The van der Waals surface area contributed by atoms with E-state index >= 15 is 0 Å². The third-order valence-corrected chi connectivity index (χ3v) is 6.29. The number of thioether (sulfide) groups is 1. The highest BCUT2D eigenvalue weighted by Crippen LogP contribution is 2.38. The Morgan fingerprint density at radius 3 is 3.04 bits per heavy atom. The molecule has 1 aromatic carbocycles. The maximum atomic E-state index is 13.8. The number of carbonyl (C=O) groups is 1. The molecule has 0 atom stereocenters. The Labute approximate surface area is 158 Å². The average Bonchev–Trinajstić information content (AvgIpc) is 3.37. The van der Waals surface area contributed by atoms with Crippen LogP contribution in [0.25, 0.3) is 0 Å². The summed E-state index contributed by atoms with van der Waals surface area (Å²) in [7, 11) is 0. The quantitative estimate of drug-likeness (QED) is 0.548. The van der Waals surface area contributed by atoms with Crippen molar-refractivity contribution in [2.45, 2.75) is 48.9 Å². The maximum absolute atomic E-state index is 13.8. The average molecular weight is 395 g/mol. The lowest BCUT2D eigenvalue weighted by molar-refractivity contribution is -0.118. The summed E-state index contributed by atoms with van der Waals surface area (Å²) in [6.07, 6.45) is 2.48. The maximum Gasteiger partial charge on any atom is 0.228 e. The lowest BCUT2D eigenvalue weighted by Gasteiger charge is -2.20. The minimum atomic E-state index is -0.306. The highest BCUT2D eigenvalue weighted by molar-refractivity contribution is 8.00. The summed E-state index contributed by atoms with van der Waals surface area (Å²) in [5.74, 6) is 0.975. The Balaban J connectivity index is 1.49. The van der Waals surface area contributed by atoms with Gasteiger partial charge < -0.3 is 9.47 Å². The van der Waals surface area contributed by atoms with Gasteiger partial charge in [0.2, 0.25) is 11.0 Å². The Hall–Kier alpha value is -1.71. The predicted octanol–water partition coefficient (Wildman–Crippen LogP) is 3.74. The zero-order valence-corrected chi connectivity index (χ0v) is 15.9. The van der Waals surface area contributed by atoms with Crippen molar-refractivity contribution < 1.29 is 18.7 Å². The second-order valence-electron chi connectivity index (χ2n) is 6.15. The number of amides is 1. The number of benzene rings is 1. The van der Waals surface area contributed by atoms with Crippen molar-refractivity contribution in [2.75, 3.05) is 11.7 Å². The number of carbonyl (C=O) groups excluding carboxylic acids is 1. The van der Waals surface area contributed by atoms with Gasteiger partial charge in [0.05, 0.1) is 6.61 Å². The topological polar surface area (TPSA) is 64.6 Å². The van der Waals surface area contributed by atoms with E-state index in [0.717, 1.165) is 28.3 Å². The monoisotopic (exact) mass is 395 g/mol. The van der Waals surface area contributed by atoms with E-state index in [1.807, 2.05) is 6.92 Å². The smallest absolute Gasteiger partial charge is 0.228 e. The van der Waals surface area contributed by atoms with Crippen molar-refractivity contribution in [1.82, 2.24) is 10.2 Å². The summed E-state index contributed by atoms with van der Waals surface area (Å²) in [4.78, 5) is 13.9. The summed E-state index contributed by atoms with van der Waals surface area (Å²) < 4.78 is 25.3. The molecule has 1 saturated carbocycles. The first kappa shape index (κ1) is 17.7. The molecular weight excluding hydrogens is 377 g/mol. The van der Waals surface area contributed by atoms with Crippen molar-refractivity contribution >= 4 is 34.1 Å². The second-order valence-corrected chi connectivity index (χ2v) is 8.33. The van der Waals surface area contributed by atoms with Crippen LogP contribution in [0.5, 0.6) is 5.75 Å². The molecule has 0 unspecified atom stereocenters. The Morgan fingerprint density at radius 2 is 2.27 bits per heavy atom. The van der Waals surface area contributed by atoms with Gasteiger partial charge in [0, 0.05) is 29.3 Å². The molecule has 0 radical (unpaired) electrons. The van der Waals surface area contributed by atoms with E-state index in [1.165, 1.54) is 35.2 Å². The summed E-state index contributed by atoms with van der Waals surface area (Å²) >= 11 is 2.86. The zero-order chi connectivity index (χ0) is 18.1. The van der Waals surface area contributed by atoms with Gasteiger partial charge in [-0.2, -0.15) is 0 Å². The van der Waals surface area contributed by atoms with Crippen molar-refractivity contribution in [3.63, 3.8) is 0 Å². The van der Waals surface area contributed by atoms with Gasteiger partial charge in [0.25, 0.3) is 0 Å². The summed E-state index contributed by atoms with van der Waals surface area (Å²) in [5.41, 5.74) is 1.49. The first-order chi connectivity index (χ1) is 12.7. The number of ether oxygens (including phenoxy) is 2. The van der Waals surface area contributed by atoms with Crippen LogP contribution in [0, 0.1) is 5.82 Å². The van der Waals surface area contributed by atoms with Crippen molar-refractivity contribution in [2.24, 2.45) is 0 Å². The van der Waals surface area contributed by atoms with Crippen LogP contribution in [0.4, 0.5) is 9.52 Å². The minimum absolute atomic E-state index is 0.0767. The summed E-state index contributed by atoms with van der Waals surface area (Å²) in [6.45, 7) is 2.38. The van der Waals surface area contributed by atoms with Crippen LogP contribution >= 0.6 is 23.1 Å². The normalized spacial score (nSPS) is 16.1. The fraction of sp³-hybridized carbons (Fsp3) is 0.471. The molecule has 2 aliphatic rings. The number of fused-ring (bicyclic) bond motifs is 1. The molecular formula is C17H18FN3O3S2. The molecule has 9 heteroatoms. The van der Waals surface area contributed by atoms with Gasteiger partial charge in [-0.25, -0.2) is 4.39 Å². The fourth-order valence-electron chi connectivity index (χ4n) is 2.83. The number of hydrogen-bond acceptors (Lipinski definition) is 7. The molecule has 138 valence electrons. The van der Waals surface area contributed by atoms with E-state index in [9.17, 15) is 9.18 Å². The van der Waals surface area contributed by atoms with Gasteiger partial charge in [-0.05, 0) is 25.0 Å². The predicted molar refractivity (Wildman–Crippen MR) is 97.0 cm³/mol. The number of halogens is 1. The van der Waals surface area contributed by atoms with Gasteiger partial charge in [0.1, 0.15) is 11.6 Å². The number of aromatic nitrogens is 2. The zero-order valence-electron chi connectivity index (χ0n) is 14.2. The van der Waals surface area contributed by atoms with E-state index in [0.29, 0.717) is 29.7 Å². The molecule has 2 aromatic rings. The highest BCUT2D eigenvalue weighted by atomic mass is 32.2. The second kappa shape index (κ2) is 7.50. The fourth-order valence-corrected chi connectivity index (χ4v) is 4.73. The van der Waals surface area contributed by atoms with E-state index in [-0.39, 0.29) is 24.6 Å². The molecule has 0 N–H and O–H groups in total. The summed E-state index contributed by atoms with van der Waals surface area (Å²) in [5, 5.41) is 9.03. The van der Waals surface area contributed by atoms with E-state index in [1.54, 1.807) is 4.90 Å². The molecule has 0 spiro atoms. The molecule has 0 saturated heterocycles. The van der Waals surface area contributed by atoms with Gasteiger partial charge in [-0.15, -0.1) is 10.2 Å². The van der Waals surface area contributed by atoms with Gasteiger partial charge in [-0.3, -0.25) is 9.69 Å².